The number of hydrogen-bond donors (Lipinski definition) is 1. The first kappa shape index (κ1) is 28.2. The van der Waals surface area contributed by atoms with Crippen LogP contribution in [0.4, 0.5) is 17.6 Å². The monoisotopic (exact) mass is 547 g/mol. The van der Waals surface area contributed by atoms with E-state index >= 15 is 0 Å². The lowest BCUT2D eigenvalue weighted by Gasteiger charge is -2.29. The number of alkyl halides is 3. The summed E-state index contributed by atoms with van der Waals surface area (Å²) in [5, 5.41) is 0.766. The minimum Gasteiger partial charge on any atom is -0.370 e. The zero-order chi connectivity index (χ0) is 26.6. The van der Waals surface area contributed by atoms with Gasteiger partial charge in [-0.2, -0.15) is 13.2 Å². The third-order valence-corrected chi connectivity index (χ3v) is 7.15. The van der Waals surface area contributed by atoms with Gasteiger partial charge in [0, 0.05) is 44.4 Å². The zero-order valence-corrected chi connectivity index (χ0v) is 21.1. The maximum atomic E-state index is 14.1. The first-order chi connectivity index (χ1) is 16.9. The van der Waals surface area contributed by atoms with Crippen molar-refractivity contribution in [1.82, 2.24) is 9.80 Å². The lowest BCUT2D eigenvalue weighted by molar-refractivity contribution is -0.140. The molecule has 1 heterocycles. The van der Waals surface area contributed by atoms with Crippen LogP contribution >= 0.6 is 23.2 Å². The van der Waals surface area contributed by atoms with Gasteiger partial charge in [0.05, 0.1) is 15.6 Å². The van der Waals surface area contributed by atoms with E-state index in [1.54, 1.807) is 24.1 Å². The Balaban J connectivity index is 1.78. The summed E-state index contributed by atoms with van der Waals surface area (Å²) in [7, 11) is 1.78. The maximum Gasteiger partial charge on any atom is 0.419 e. The van der Waals surface area contributed by atoms with Crippen molar-refractivity contribution in [3.8, 4) is 0 Å². The summed E-state index contributed by atoms with van der Waals surface area (Å²) >= 11 is 12.3. The van der Waals surface area contributed by atoms with Gasteiger partial charge in [0.1, 0.15) is 5.82 Å². The van der Waals surface area contributed by atoms with Crippen molar-refractivity contribution >= 4 is 35.0 Å². The minimum atomic E-state index is -4.77. The van der Waals surface area contributed by atoms with E-state index in [0.29, 0.717) is 41.5 Å². The van der Waals surface area contributed by atoms with Crippen LogP contribution in [0.25, 0.3) is 0 Å². The van der Waals surface area contributed by atoms with Gasteiger partial charge in [0.25, 0.3) is 0 Å². The van der Waals surface area contributed by atoms with Crippen LogP contribution in [-0.2, 0) is 22.3 Å². The third-order valence-electron chi connectivity index (χ3n) is 6.41. The van der Waals surface area contributed by atoms with Crippen LogP contribution in [0, 0.1) is 5.82 Å². The Kier molecular flexibility index (Phi) is 9.24. The van der Waals surface area contributed by atoms with E-state index in [1.807, 2.05) is 11.0 Å². The molecule has 1 aliphatic heterocycles. The molecule has 0 bridgehead atoms. The molecule has 0 unspecified atom stereocenters. The number of hydrogen-bond acceptors (Lipinski definition) is 3. The zero-order valence-electron chi connectivity index (χ0n) is 19.6. The van der Waals surface area contributed by atoms with E-state index < -0.39 is 23.5 Å². The normalized spacial score (nSPS) is 18.2. The van der Waals surface area contributed by atoms with Crippen molar-refractivity contribution in [1.29, 1.82) is 0 Å². The quantitative estimate of drug-likeness (QED) is 0.327. The largest absolute Gasteiger partial charge is 0.419 e. The number of rotatable bonds is 9. The van der Waals surface area contributed by atoms with E-state index in [1.165, 1.54) is 6.07 Å². The van der Waals surface area contributed by atoms with Gasteiger partial charge in [-0.05, 0) is 55.3 Å². The fourth-order valence-electron chi connectivity index (χ4n) is 4.53. The molecule has 1 aliphatic rings. The van der Waals surface area contributed by atoms with E-state index in [4.69, 9.17) is 28.9 Å². The number of halogens is 6. The molecule has 3 rings (SSSR count). The molecule has 1 fully saturated rings. The molecule has 36 heavy (non-hydrogen) atoms. The van der Waals surface area contributed by atoms with E-state index in [0.717, 1.165) is 17.7 Å². The average Bonchev–Trinajstić information content (AvgIpc) is 3.23. The highest BCUT2D eigenvalue weighted by Gasteiger charge is 2.39. The number of likely N-dealkylation sites (tertiary alicyclic amines) is 1. The molecule has 0 saturated carbocycles. The van der Waals surface area contributed by atoms with Crippen molar-refractivity contribution < 1.29 is 27.2 Å². The molecule has 1 saturated heterocycles. The van der Waals surface area contributed by atoms with Crippen molar-refractivity contribution in [2.75, 3.05) is 20.1 Å². The van der Waals surface area contributed by atoms with Gasteiger partial charge < -0.3 is 10.6 Å². The second kappa shape index (κ2) is 11.8. The Hall–Kier alpha value is -2.36. The second-order valence-corrected chi connectivity index (χ2v) is 9.86. The van der Waals surface area contributed by atoms with Crippen molar-refractivity contribution in [2.24, 2.45) is 5.73 Å². The number of primary amides is 1. The molecule has 2 aromatic carbocycles. The molecule has 196 valence electrons. The number of carbonyl (C=O) groups excluding carboxylic acids is 2. The molecule has 5 nitrogen and oxygen atoms in total. The predicted octanol–water partition coefficient (Wildman–Crippen LogP) is 5.62. The molecule has 0 spiro atoms. The van der Waals surface area contributed by atoms with Gasteiger partial charge in [-0.1, -0.05) is 35.3 Å². The highest BCUT2D eigenvalue weighted by Crippen LogP contribution is 2.36. The lowest BCUT2D eigenvalue weighted by atomic mass is 9.93. The first-order valence-corrected chi connectivity index (χ1v) is 12.2. The van der Waals surface area contributed by atoms with Crippen molar-refractivity contribution in [3.05, 3.63) is 69.0 Å². The summed E-state index contributed by atoms with van der Waals surface area (Å²) < 4.78 is 52.9. The Morgan fingerprint density at radius 2 is 1.75 bits per heavy atom. The first-order valence-electron chi connectivity index (χ1n) is 11.4. The second-order valence-electron chi connectivity index (χ2n) is 9.05. The van der Waals surface area contributed by atoms with Crippen LogP contribution in [0.1, 0.15) is 48.3 Å². The lowest BCUT2D eigenvalue weighted by Crippen LogP contribution is -2.38. The van der Waals surface area contributed by atoms with Crippen LogP contribution in [0.15, 0.2) is 36.4 Å². The third kappa shape index (κ3) is 7.11. The number of likely N-dealkylation sites (N-methyl/N-ethyl adjacent to an activating group) is 1. The molecule has 0 aliphatic carbocycles. The van der Waals surface area contributed by atoms with Gasteiger partial charge in [0.15, 0.2) is 0 Å². The average molecular weight is 548 g/mol. The Labute approximate surface area is 217 Å². The number of nitrogens with two attached hydrogens (primary N) is 1. The number of benzene rings is 2. The fourth-order valence-corrected chi connectivity index (χ4v) is 4.84. The standard InChI is InChI=1S/C25H27Cl2F4N3O2/c1-33(12-15-6-8-18(21(28)10-15)25(29,30)31)22-14-34(24(36)5-3-2-4-23(32)35)13-17(22)16-7-9-19(26)20(27)11-16/h6-11,17,22H,2-5,12-14H2,1H3,(H2,32,35)/t17-,22+/m1/s1. The Morgan fingerprint density at radius 3 is 2.36 bits per heavy atom. The van der Waals surface area contributed by atoms with Gasteiger partial charge in [-0.25, -0.2) is 4.39 Å². The molecule has 2 amide bonds. The predicted molar refractivity (Wildman–Crippen MR) is 130 cm³/mol. The van der Waals surface area contributed by atoms with Crippen LogP contribution in [0.3, 0.4) is 0 Å². The van der Waals surface area contributed by atoms with Crippen molar-refractivity contribution in [2.45, 2.75) is 50.4 Å². The Morgan fingerprint density at radius 1 is 1.06 bits per heavy atom. The fraction of sp³-hybridized carbons (Fsp3) is 0.440. The molecule has 2 aromatic rings. The van der Waals surface area contributed by atoms with Crippen molar-refractivity contribution in [3.63, 3.8) is 0 Å². The number of unbranched alkanes of at least 4 members (excludes halogenated alkanes) is 1. The number of amides is 2. The topological polar surface area (TPSA) is 66.6 Å². The molecule has 0 radical (unpaired) electrons. The molecular weight excluding hydrogens is 521 g/mol. The van der Waals surface area contributed by atoms with E-state index in [2.05, 4.69) is 0 Å². The van der Waals surface area contributed by atoms with Crippen LogP contribution in [0.5, 0.6) is 0 Å². The smallest absolute Gasteiger partial charge is 0.370 e. The number of nitrogens with zero attached hydrogens (tertiary/aromatic N) is 2. The highest BCUT2D eigenvalue weighted by molar-refractivity contribution is 6.42. The molecule has 2 N–H and O–H groups in total. The molecule has 0 aromatic heterocycles. The highest BCUT2D eigenvalue weighted by atomic mass is 35.5. The van der Waals surface area contributed by atoms with Gasteiger partial charge in [-0.15, -0.1) is 0 Å². The Bertz CT molecular complexity index is 1110. The van der Waals surface area contributed by atoms with Gasteiger partial charge in [-0.3, -0.25) is 14.5 Å². The minimum absolute atomic E-state index is 0.0685. The summed E-state index contributed by atoms with van der Waals surface area (Å²) in [4.78, 5) is 27.4. The summed E-state index contributed by atoms with van der Waals surface area (Å²) in [6.07, 6.45) is -3.23. The van der Waals surface area contributed by atoms with E-state index in [-0.39, 0.29) is 37.3 Å². The van der Waals surface area contributed by atoms with Crippen LogP contribution < -0.4 is 5.73 Å². The summed E-state index contributed by atoms with van der Waals surface area (Å²) in [6.45, 7) is 0.959. The summed E-state index contributed by atoms with van der Waals surface area (Å²) in [5.74, 6) is -1.96. The molecule has 11 heteroatoms. The maximum absolute atomic E-state index is 14.1. The number of carbonyl (C=O) groups is 2. The molecular formula is C25H27Cl2F4N3O2. The van der Waals surface area contributed by atoms with E-state index in [9.17, 15) is 27.2 Å². The van der Waals surface area contributed by atoms with Crippen LogP contribution in [-0.4, -0.2) is 47.8 Å². The van der Waals surface area contributed by atoms with Gasteiger partial charge in [0.2, 0.25) is 11.8 Å². The summed E-state index contributed by atoms with van der Waals surface area (Å²) in [6, 6.07) is 7.94. The molecule has 2 atom stereocenters. The van der Waals surface area contributed by atoms with Gasteiger partial charge >= 0.3 is 6.18 Å². The van der Waals surface area contributed by atoms with Crippen LogP contribution in [0.2, 0.25) is 10.0 Å². The SMILES string of the molecule is CN(Cc1ccc(C(F)(F)F)c(F)c1)[C@H]1CN(C(=O)CCCCC(N)=O)C[C@@H]1c1ccc(Cl)c(Cl)c1. The summed E-state index contributed by atoms with van der Waals surface area (Å²) in [5.41, 5.74) is 5.09.